The highest BCUT2D eigenvalue weighted by molar-refractivity contribution is 9.10. The fourth-order valence-corrected chi connectivity index (χ4v) is 1.62. The lowest BCUT2D eigenvalue weighted by molar-refractivity contribution is 0.0813. The number of benzene rings is 1. The molecule has 92 valence electrons. The summed E-state index contributed by atoms with van der Waals surface area (Å²) in [4.78, 5) is 13.2. The monoisotopic (exact) mass is 319 g/mol. The number of hydrogen-bond donors (Lipinski definition) is 2. The minimum absolute atomic E-state index is 0.0379. The van der Waals surface area contributed by atoms with Crippen LogP contribution in [-0.4, -0.2) is 35.4 Å². The van der Waals surface area contributed by atoms with Crippen molar-refractivity contribution < 1.29 is 10.0 Å². The third-order valence-corrected chi connectivity index (χ3v) is 3.27. The molecule has 3 N–H and O–H groups in total. The van der Waals surface area contributed by atoms with Crippen LogP contribution in [0.3, 0.4) is 0 Å². The predicted molar refractivity (Wildman–Crippen MR) is 69.5 cm³/mol. The van der Waals surface area contributed by atoms with Crippen LogP contribution in [-0.2, 0) is 0 Å². The van der Waals surface area contributed by atoms with Gasteiger partial charge in [-0.25, -0.2) is 0 Å². The Morgan fingerprint density at radius 3 is 2.82 bits per heavy atom. The largest absolute Gasteiger partial charge is 0.409 e. The summed E-state index contributed by atoms with van der Waals surface area (Å²) in [5.74, 6) is -0.296. The zero-order chi connectivity index (χ0) is 13.0. The lowest BCUT2D eigenvalue weighted by Gasteiger charge is -2.16. The number of oxime groups is 1. The van der Waals surface area contributed by atoms with Gasteiger partial charge in [0.05, 0.1) is 11.6 Å². The van der Waals surface area contributed by atoms with E-state index < -0.39 is 0 Å². The molecule has 0 aromatic heterocycles. The van der Waals surface area contributed by atoms with Crippen LogP contribution in [0, 0.1) is 0 Å². The van der Waals surface area contributed by atoms with E-state index in [4.69, 9.17) is 22.5 Å². The molecular formula is C10H11BrClN3O2. The smallest absolute Gasteiger partial charge is 0.254 e. The Kier molecular flexibility index (Phi) is 4.77. The summed E-state index contributed by atoms with van der Waals surface area (Å²) in [7, 11) is 1.55. The van der Waals surface area contributed by atoms with Crippen LogP contribution in [0.4, 0.5) is 0 Å². The molecular weight excluding hydrogens is 309 g/mol. The number of likely N-dealkylation sites (N-methyl/N-ethyl adjacent to an activating group) is 1. The van der Waals surface area contributed by atoms with Crippen molar-refractivity contribution in [3.05, 3.63) is 33.3 Å². The van der Waals surface area contributed by atoms with E-state index in [9.17, 15) is 4.79 Å². The van der Waals surface area contributed by atoms with Gasteiger partial charge in [-0.05, 0) is 34.1 Å². The quantitative estimate of drug-likeness (QED) is 0.386. The molecule has 0 spiro atoms. The molecule has 1 aromatic carbocycles. The number of carbonyl (C=O) groups excluding carboxylic acids is 1. The molecule has 0 radical (unpaired) electrons. The standard InChI is InChI=1S/C10H11BrClN3O2/c1-15(5-9(13)14-17)10(16)6-2-3-7(11)8(12)4-6/h2-4,17H,5H2,1H3,(H2,13,14). The molecule has 0 heterocycles. The molecule has 7 heteroatoms. The number of rotatable bonds is 3. The number of hydrogen-bond acceptors (Lipinski definition) is 3. The third-order valence-electron chi connectivity index (χ3n) is 2.04. The number of nitrogens with zero attached hydrogens (tertiary/aromatic N) is 2. The Labute approximate surface area is 112 Å². The molecule has 1 aromatic rings. The lowest BCUT2D eigenvalue weighted by atomic mass is 10.2. The number of amides is 1. The lowest BCUT2D eigenvalue weighted by Crippen LogP contribution is -2.35. The first-order chi connectivity index (χ1) is 7.95. The minimum Gasteiger partial charge on any atom is -0.409 e. The van der Waals surface area contributed by atoms with Crippen molar-refractivity contribution >= 4 is 39.3 Å². The highest BCUT2D eigenvalue weighted by Gasteiger charge is 2.14. The molecule has 0 aliphatic rings. The van der Waals surface area contributed by atoms with Gasteiger partial charge in [0, 0.05) is 17.1 Å². The Morgan fingerprint density at radius 1 is 1.65 bits per heavy atom. The van der Waals surface area contributed by atoms with Crippen LogP contribution >= 0.6 is 27.5 Å². The third kappa shape index (κ3) is 3.61. The van der Waals surface area contributed by atoms with E-state index in [2.05, 4.69) is 21.1 Å². The molecule has 5 nitrogen and oxygen atoms in total. The van der Waals surface area contributed by atoms with Crippen LogP contribution in [0.25, 0.3) is 0 Å². The van der Waals surface area contributed by atoms with E-state index in [1.54, 1.807) is 25.2 Å². The van der Waals surface area contributed by atoms with E-state index in [-0.39, 0.29) is 18.3 Å². The van der Waals surface area contributed by atoms with Crippen molar-refractivity contribution in [2.45, 2.75) is 0 Å². The van der Waals surface area contributed by atoms with Gasteiger partial charge in [0.2, 0.25) is 0 Å². The van der Waals surface area contributed by atoms with Crippen molar-refractivity contribution in [2.24, 2.45) is 10.9 Å². The van der Waals surface area contributed by atoms with Crippen molar-refractivity contribution in [1.29, 1.82) is 0 Å². The van der Waals surface area contributed by atoms with E-state index in [0.717, 1.165) is 4.47 Å². The number of carbonyl (C=O) groups is 1. The van der Waals surface area contributed by atoms with Gasteiger partial charge in [0.15, 0.2) is 5.84 Å². The van der Waals surface area contributed by atoms with E-state index in [1.165, 1.54) is 4.90 Å². The average molecular weight is 321 g/mol. The van der Waals surface area contributed by atoms with Crippen molar-refractivity contribution in [3.63, 3.8) is 0 Å². The van der Waals surface area contributed by atoms with Crippen molar-refractivity contribution in [1.82, 2.24) is 4.90 Å². The van der Waals surface area contributed by atoms with Crippen LogP contribution < -0.4 is 5.73 Å². The zero-order valence-corrected chi connectivity index (χ0v) is 11.4. The maximum absolute atomic E-state index is 11.9. The maximum atomic E-state index is 11.9. The summed E-state index contributed by atoms with van der Waals surface area (Å²) in [6.45, 7) is 0.0447. The molecule has 0 atom stereocenters. The first-order valence-electron chi connectivity index (χ1n) is 4.62. The summed E-state index contributed by atoms with van der Waals surface area (Å²) >= 11 is 9.13. The molecule has 0 bridgehead atoms. The summed E-state index contributed by atoms with van der Waals surface area (Å²) < 4.78 is 0.717. The number of nitrogens with two attached hydrogens (primary N) is 1. The highest BCUT2D eigenvalue weighted by Crippen LogP contribution is 2.23. The number of halogens is 2. The Morgan fingerprint density at radius 2 is 2.29 bits per heavy atom. The first kappa shape index (κ1) is 13.8. The van der Waals surface area contributed by atoms with Gasteiger partial charge in [0.1, 0.15) is 0 Å². The Bertz CT molecular complexity index is 465. The molecule has 0 saturated carbocycles. The SMILES string of the molecule is CN(C/C(N)=N/O)C(=O)c1ccc(Br)c(Cl)c1. The predicted octanol–water partition coefficient (Wildman–Crippen LogP) is 1.92. The van der Waals surface area contributed by atoms with Gasteiger partial charge >= 0.3 is 0 Å². The second-order valence-corrected chi connectivity index (χ2v) is 4.64. The van der Waals surface area contributed by atoms with Crippen LogP contribution in [0.1, 0.15) is 10.4 Å². The topological polar surface area (TPSA) is 78.9 Å². The maximum Gasteiger partial charge on any atom is 0.254 e. The minimum atomic E-state index is -0.258. The summed E-state index contributed by atoms with van der Waals surface area (Å²) in [6, 6.07) is 4.88. The van der Waals surface area contributed by atoms with Crippen LogP contribution in [0.5, 0.6) is 0 Å². The average Bonchev–Trinajstić information content (AvgIpc) is 2.31. The molecule has 1 amide bonds. The van der Waals surface area contributed by atoms with Gasteiger partial charge in [-0.15, -0.1) is 0 Å². The molecule has 0 unspecified atom stereocenters. The number of amidine groups is 1. The van der Waals surface area contributed by atoms with Gasteiger partial charge in [-0.2, -0.15) is 0 Å². The molecule has 0 aliphatic carbocycles. The van der Waals surface area contributed by atoms with E-state index in [0.29, 0.717) is 10.6 Å². The second-order valence-electron chi connectivity index (χ2n) is 3.38. The Hall–Kier alpha value is -1.27. The zero-order valence-electron chi connectivity index (χ0n) is 9.02. The molecule has 17 heavy (non-hydrogen) atoms. The fraction of sp³-hybridized carbons (Fsp3) is 0.200. The Balaban J connectivity index is 2.85. The second kappa shape index (κ2) is 5.88. The van der Waals surface area contributed by atoms with Crippen LogP contribution in [0.15, 0.2) is 27.8 Å². The highest BCUT2D eigenvalue weighted by atomic mass is 79.9. The molecule has 0 saturated heterocycles. The fourth-order valence-electron chi connectivity index (χ4n) is 1.20. The first-order valence-corrected chi connectivity index (χ1v) is 5.79. The van der Waals surface area contributed by atoms with Gasteiger partial charge in [0.25, 0.3) is 5.91 Å². The molecule has 0 fully saturated rings. The van der Waals surface area contributed by atoms with Gasteiger partial charge in [-0.1, -0.05) is 16.8 Å². The van der Waals surface area contributed by atoms with Gasteiger partial charge < -0.3 is 15.8 Å². The van der Waals surface area contributed by atoms with Crippen molar-refractivity contribution in [3.8, 4) is 0 Å². The van der Waals surface area contributed by atoms with E-state index in [1.807, 2.05) is 0 Å². The molecule has 0 aliphatic heterocycles. The normalized spacial score (nSPS) is 11.4. The van der Waals surface area contributed by atoms with Crippen molar-refractivity contribution in [2.75, 3.05) is 13.6 Å². The van der Waals surface area contributed by atoms with Crippen LogP contribution in [0.2, 0.25) is 5.02 Å². The summed E-state index contributed by atoms with van der Waals surface area (Å²) in [5.41, 5.74) is 5.75. The summed E-state index contributed by atoms with van der Waals surface area (Å²) in [6.07, 6.45) is 0. The van der Waals surface area contributed by atoms with Gasteiger partial charge in [-0.3, -0.25) is 4.79 Å². The molecule has 1 rings (SSSR count). The summed E-state index contributed by atoms with van der Waals surface area (Å²) in [5, 5.41) is 11.7. The van der Waals surface area contributed by atoms with E-state index >= 15 is 0 Å².